The van der Waals surface area contributed by atoms with Crippen LogP contribution in [0.4, 0.5) is 5.69 Å². The summed E-state index contributed by atoms with van der Waals surface area (Å²) in [6.07, 6.45) is 5.11. The van der Waals surface area contributed by atoms with Crippen LogP contribution in [-0.2, 0) is 22.4 Å². The molecule has 6 nitrogen and oxygen atoms in total. The van der Waals surface area contributed by atoms with Crippen molar-refractivity contribution in [3.8, 4) is 0 Å². The van der Waals surface area contributed by atoms with Crippen LogP contribution in [0.5, 0.6) is 0 Å². The lowest BCUT2D eigenvalue weighted by Crippen LogP contribution is -2.47. The Hall–Kier alpha value is -3.15. The number of hydrogen-bond acceptors (Lipinski definition) is 3. The number of pyridine rings is 1. The average Bonchev–Trinajstić information content (AvgIpc) is 3.22. The molecule has 0 spiro atoms. The first kappa shape index (κ1) is 16.3. The molecule has 0 radical (unpaired) electrons. The maximum Gasteiger partial charge on any atom is 0.243 e. The summed E-state index contributed by atoms with van der Waals surface area (Å²) in [4.78, 5) is 30.8. The summed E-state index contributed by atoms with van der Waals surface area (Å²) in [6, 6.07) is 13.0. The van der Waals surface area contributed by atoms with E-state index in [-0.39, 0.29) is 11.8 Å². The minimum atomic E-state index is -0.481. The second-order valence-corrected chi connectivity index (χ2v) is 6.48. The van der Waals surface area contributed by atoms with Crippen molar-refractivity contribution >= 4 is 23.1 Å². The third-order valence-electron chi connectivity index (χ3n) is 4.71. The Kier molecular flexibility index (Phi) is 4.16. The fourth-order valence-electron chi connectivity index (χ4n) is 3.52. The van der Waals surface area contributed by atoms with Crippen LogP contribution < -0.4 is 10.2 Å². The number of amides is 2. The fraction of sp³-hybridized carbons (Fsp3) is 0.250. The highest BCUT2D eigenvalue weighted by Crippen LogP contribution is 2.32. The predicted octanol–water partition coefficient (Wildman–Crippen LogP) is 1.97. The lowest BCUT2D eigenvalue weighted by molar-refractivity contribution is -0.125. The smallest absolute Gasteiger partial charge is 0.243 e. The topological polar surface area (TPSA) is 66.7 Å². The summed E-state index contributed by atoms with van der Waals surface area (Å²) in [7, 11) is 0. The molecular weight excluding hydrogens is 328 g/mol. The van der Waals surface area contributed by atoms with E-state index < -0.39 is 6.04 Å². The minimum Gasteiger partial charge on any atom is -0.354 e. The van der Waals surface area contributed by atoms with Gasteiger partial charge in [0.1, 0.15) is 11.7 Å². The second-order valence-electron chi connectivity index (χ2n) is 6.48. The number of imidazole rings is 1. The Balaban J connectivity index is 1.41. The van der Waals surface area contributed by atoms with Gasteiger partial charge in [-0.15, -0.1) is 0 Å². The predicted molar refractivity (Wildman–Crippen MR) is 99.0 cm³/mol. The fourth-order valence-corrected chi connectivity index (χ4v) is 3.52. The number of carbonyl (C=O) groups is 2. The van der Waals surface area contributed by atoms with Crippen molar-refractivity contribution in [3.05, 3.63) is 66.1 Å². The number of rotatable bonds is 4. The highest BCUT2D eigenvalue weighted by Gasteiger charge is 2.36. The molecule has 1 atom stereocenters. The summed E-state index contributed by atoms with van der Waals surface area (Å²) < 4.78 is 1.96. The maximum atomic E-state index is 12.7. The first-order valence-electron chi connectivity index (χ1n) is 8.71. The van der Waals surface area contributed by atoms with E-state index in [2.05, 4.69) is 10.3 Å². The van der Waals surface area contributed by atoms with Gasteiger partial charge in [-0.25, -0.2) is 4.98 Å². The van der Waals surface area contributed by atoms with E-state index in [1.807, 2.05) is 59.3 Å². The van der Waals surface area contributed by atoms with Crippen LogP contribution in [0, 0.1) is 0 Å². The van der Waals surface area contributed by atoms with Gasteiger partial charge in [-0.05, 0) is 23.8 Å². The van der Waals surface area contributed by atoms with Crippen LogP contribution in [0.2, 0.25) is 0 Å². The van der Waals surface area contributed by atoms with Crippen LogP contribution in [0.1, 0.15) is 18.2 Å². The van der Waals surface area contributed by atoms with E-state index in [4.69, 9.17) is 0 Å². The monoisotopic (exact) mass is 348 g/mol. The van der Waals surface area contributed by atoms with Crippen LogP contribution in [0.3, 0.4) is 0 Å². The third-order valence-corrected chi connectivity index (χ3v) is 4.71. The summed E-state index contributed by atoms with van der Waals surface area (Å²) in [5.74, 6) is -0.240. The van der Waals surface area contributed by atoms with E-state index in [0.717, 1.165) is 22.6 Å². The van der Waals surface area contributed by atoms with Gasteiger partial charge < -0.3 is 9.72 Å². The van der Waals surface area contributed by atoms with E-state index in [9.17, 15) is 9.59 Å². The van der Waals surface area contributed by atoms with Crippen molar-refractivity contribution in [2.45, 2.75) is 25.8 Å². The Morgan fingerprint density at radius 2 is 2.00 bits per heavy atom. The molecule has 3 heterocycles. The molecule has 0 unspecified atom stereocenters. The summed E-state index contributed by atoms with van der Waals surface area (Å²) in [5, 5.41) is 2.96. The molecule has 0 saturated carbocycles. The third kappa shape index (κ3) is 2.94. The van der Waals surface area contributed by atoms with Gasteiger partial charge in [0.25, 0.3) is 0 Å². The maximum absolute atomic E-state index is 12.7. The average molecular weight is 348 g/mol. The zero-order valence-electron chi connectivity index (χ0n) is 14.6. The number of fused-ring (bicyclic) bond motifs is 2. The van der Waals surface area contributed by atoms with Crippen molar-refractivity contribution in [1.82, 2.24) is 14.7 Å². The molecular formula is C20H20N4O2. The van der Waals surface area contributed by atoms with Gasteiger partial charge in [-0.3, -0.25) is 14.5 Å². The molecule has 3 aromatic rings. The first-order chi connectivity index (χ1) is 12.6. The Labute approximate surface area is 151 Å². The molecule has 2 amide bonds. The molecule has 1 aliphatic heterocycles. The van der Waals surface area contributed by atoms with Crippen molar-refractivity contribution in [1.29, 1.82) is 0 Å². The Bertz CT molecular complexity index is 946. The quantitative estimate of drug-likeness (QED) is 0.784. The number of aromatic nitrogens is 2. The second kappa shape index (κ2) is 6.63. The molecule has 1 aliphatic rings. The van der Waals surface area contributed by atoms with Gasteiger partial charge in [-0.2, -0.15) is 0 Å². The van der Waals surface area contributed by atoms with Crippen molar-refractivity contribution in [3.63, 3.8) is 0 Å². The normalized spacial score (nSPS) is 15.9. The van der Waals surface area contributed by atoms with Gasteiger partial charge in [-0.1, -0.05) is 24.3 Å². The van der Waals surface area contributed by atoms with Crippen LogP contribution >= 0.6 is 0 Å². The number of nitrogens with zero attached hydrogens (tertiary/aromatic N) is 3. The van der Waals surface area contributed by atoms with Gasteiger partial charge in [0.15, 0.2) is 0 Å². The number of carbonyl (C=O) groups excluding carboxylic acids is 2. The van der Waals surface area contributed by atoms with Crippen LogP contribution in [-0.4, -0.2) is 33.8 Å². The number of anilines is 1. The van der Waals surface area contributed by atoms with Crippen molar-refractivity contribution in [2.75, 3.05) is 11.4 Å². The summed E-state index contributed by atoms with van der Waals surface area (Å²) >= 11 is 0. The number of nitrogens with one attached hydrogen (secondary N) is 1. The van der Waals surface area contributed by atoms with E-state index >= 15 is 0 Å². The van der Waals surface area contributed by atoms with Crippen molar-refractivity contribution in [2.24, 2.45) is 0 Å². The standard InChI is InChI=1S/C20H20N4O2/c1-14(25)24-17-7-3-2-6-15(17)12-18(24)20(26)21-10-9-16-13-23-11-5-4-8-19(23)22-16/h2-8,11,13,18H,9-10,12H2,1H3,(H,21,26)/t18-/m0/s1. The summed E-state index contributed by atoms with van der Waals surface area (Å²) in [5.41, 5.74) is 3.68. The molecule has 6 heteroatoms. The highest BCUT2D eigenvalue weighted by molar-refractivity contribution is 6.02. The minimum absolute atomic E-state index is 0.115. The van der Waals surface area contributed by atoms with Crippen LogP contribution in [0.15, 0.2) is 54.9 Å². The van der Waals surface area contributed by atoms with E-state index in [0.29, 0.717) is 19.4 Å². The SMILES string of the molecule is CC(=O)N1c2ccccc2C[C@H]1C(=O)NCCc1cn2ccccc2n1. The largest absolute Gasteiger partial charge is 0.354 e. The van der Waals surface area contributed by atoms with Gasteiger partial charge in [0.2, 0.25) is 11.8 Å². The number of hydrogen-bond donors (Lipinski definition) is 1. The lowest BCUT2D eigenvalue weighted by atomic mass is 10.1. The lowest BCUT2D eigenvalue weighted by Gasteiger charge is -2.23. The molecule has 0 saturated heterocycles. The Morgan fingerprint density at radius 1 is 1.19 bits per heavy atom. The molecule has 1 aromatic carbocycles. The zero-order chi connectivity index (χ0) is 18.1. The molecule has 0 aliphatic carbocycles. The molecule has 1 N–H and O–H groups in total. The zero-order valence-corrected chi connectivity index (χ0v) is 14.6. The molecule has 0 bridgehead atoms. The molecule has 4 rings (SSSR count). The highest BCUT2D eigenvalue weighted by atomic mass is 16.2. The van der Waals surface area contributed by atoms with E-state index in [1.165, 1.54) is 6.92 Å². The number of para-hydroxylation sites is 1. The Morgan fingerprint density at radius 3 is 2.81 bits per heavy atom. The first-order valence-corrected chi connectivity index (χ1v) is 8.71. The van der Waals surface area contributed by atoms with Crippen LogP contribution in [0.25, 0.3) is 5.65 Å². The number of benzene rings is 1. The molecule has 132 valence electrons. The molecule has 26 heavy (non-hydrogen) atoms. The molecule has 0 fully saturated rings. The van der Waals surface area contributed by atoms with Crippen molar-refractivity contribution < 1.29 is 9.59 Å². The van der Waals surface area contributed by atoms with Gasteiger partial charge in [0.05, 0.1) is 5.69 Å². The summed E-state index contributed by atoms with van der Waals surface area (Å²) in [6.45, 7) is 1.99. The van der Waals surface area contributed by atoms with Gasteiger partial charge >= 0.3 is 0 Å². The van der Waals surface area contributed by atoms with Gasteiger partial charge in [0, 0.05) is 44.4 Å². The van der Waals surface area contributed by atoms with E-state index in [1.54, 1.807) is 4.90 Å². The molecule has 2 aromatic heterocycles.